The molecule has 1 saturated heterocycles. The normalized spacial score (nSPS) is 18.2. The Kier molecular flexibility index (Phi) is 6.24. The summed E-state index contributed by atoms with van der Waals surface area (Å²) < 4.78 is 5.30. The number of piperazine rings is 1. The molecule has 1 atom stereocenters. The van der Waals surface area contributed by atoms with Gasteiger partial charge in [-0.2, -0.15) is 0 Å². The van der Waals surface area contributed by atoms with Gasteiger partial charge >= 0.3 is 6.09 Å². The molecule has 1 fully saturated rings. The van der Waals surface area contributed by atoms with Crippen molar-refractivity contribution < 1.29 is 9.53 Å². The number of rotatable bonds is 4. The summed E-state index contributed by atoms with van der Waals surface area (Å²) in [4.78, 5) is 16.7. The number of ether oxygens (including phenoxy) is 1. The molecule has 5 nitrogen and oxygen atoms in total. The van der Waals surface area contributed by atoms with Gasteiger partial charge in [-0.05, 0) is 45.9 Å². The molecule has 5 heteroatoms. The maximum atomic E-state index is 11.9. The van der Waals surface area contributed by atoms with Gasteiger partial charge in [0.15, 0.2) is 0 Å². The highest BCUT2D eigenvalue weighted by Crippen LogP contribution is 2.16. The lowest BCUT2D eigenvalue weighted by Gasteiger charge is -2.32. The highest BCUT2D eigenvalue weighted by atomic mass is 16.6. The Labute approximate surface area is 146 Å². The molecule has 0 saturated carbocycles. The first-order valence-corrected chi connectivity index (χ1v) is 8.72. The first kappa shape index (κ1) is 18.7. The third kappa shape index (κ3) is 6.13. The number of hydrogen-bond donors (Lipinski definition) is 1. The number of nitrogens with zero attached hydrogens (tertiary/aromatic N) is 2. The average Bonchev–Trinajstić information content (AvgIpc) is 2.48. The van der Waals surface area contributed by atoms with Crippen LogP contribution in [0.1, 0.15) is 44.9 Å². The lowest BCUT2D eigenvalue weighted by Crippen LogP contribution is -2.43. The summed E-state index contributed by atoms with van der Waals surface area (Å²) >= 11 is 0. The molecule has 0 bridgehead atoms. The topological polar surface area (TPSA) is 44.8 Å². The summed E-state index contributed by atoms with van der Waals surface area (Å²) in [5, 5.41) is 2.88. The Morgan fingerprint density at radius 3 is 2.29 bits per heavy atom. The van der Waals surface area contributed by atoms with Gasteiger partial charge in [0, 0.05) is 32.7 Å². The van der Waals surface area contributed by atoms with Gasteiger partial charge in [0.25, 0.3) is 0 Å². The molecule has 0 aromatic heterocycles. The maximum Gasteiger partial charge on any atom is 0.408 e. The van der Waals surface area contributed by atoms with E-state index in [1.165, 1.54) is 5.56 Å². The van der Waals surface area contributed by atoms with Crippen molar-refractivity contribution in [2.45, 2.75) is 45.9 Å². The SMILES string of the molecule is CC(NC(=O)OC(C)(C)C)c1ccc(CN2CCN(C)CC2)cc1. The molecular weight excluding hydrogens is 302 g/mol. The Balaban J connectivity index is 1.85. The Bertz CT molecular complexity index is 529. The third-order valence-corrected chi connectivity index (χ3v) is 4.22. The molecule has 1 aliphatic heterocycles. The second-order valence-electron chi connectivity index (χ2n) is 7.69. The number of alkyl carbamates (subject to hydrolysis) is 1. The van der Waals surface area contributed by atoms with Crippen molar-refractivity contribution >= 4 is 6.09 Å². The summed E-state index contributed by atoms with van der Waals surface area (Å²) in [7, 11) is 2.17. The van der Waals surface area contributed by atoms with Crippen LogP contribution in [0.25, 0.3) is 0 Å². The van der Waals surface area contributed by atoms with Gasteiger partial charge in [0.2, 0.25) is 0 Å². The van der Waals surface area contributed by atoms with E-state index in [2.05, 4.69) is 46.4 Å². The van der Waals surface area contributed by atoms with E-state index in [1.807, 2.05) is 27.7 Å². The molecule has 1 aromatic carbocycles. The summed E-state index contributed by atoms with van der Waals surface area (Å²) in [6, 6.07) is 8.42. The molecule has 134 valence electrons. The second-order valence-corrected chi connectivity index (χ2v) is 7.69. The van der Waals surface area contributed by atoms with Crippen molar-refractivity contribution in [3.63, 3.8) is 0 Å². The van der Waals surface area contributed by atoms with Crippen molar-refractivity contribution in [3.05, 3.63) is 35.4 Å². The fourth-order valence-corrected chi connectivity index (χ4v) is 2.74. The Hall–Kier alpha value is -1.59. The highest BCUT2D eigenvalue weighted by Gasteiger charge is 2.18. The Morgan fingerprint density at radius 1 is 1.17 bits per heavy atom. The van der Waals surface area contributed by atoms with Gasteiger partial charge in [0.05, 0.1) is 6.04 Å². The molecule has 0 spiro atoms. The molecule has 0 radical (unpaired) electrons. The first-order valence-electron chi connectivity index (χ1n) is 8.72. The standard InChI is InChI=1S/C19H31N3O2/c1-15(20-18(23)24-19(2,3)4)17-8-6-16(7-9-17)14-22-12-10-21(5)11-13-22/h6-9,15H,10-14H2,1-5H3,(H,20,23). The molecule has 1 aliphatic rings. The fourth-order valence-electron chi connectivity index (χ4n) is 2.74. The van der Waals surface area contributed by atoms with Gasteiger partial charge in [0.1, 0.15) is 5.60 Å². The molecule has 1 heterocycles. The molecule has 1 unspecified atom stereocenters. The van der Waals surface area contributed by atoms with Crippen molar-refractivity contribution in [2.24, 2.45) is 0 Å². The lowest BCUT2D eigenvalue weighted by molar-refractivity contribution is 0.0508. The van der Waals surface area contributed by atoms with Crippen molar-refractivity contribution in [1.82, 2.24) is 15.1 Å². The number of nitrogens with one attached hydrogen (secondary N) is 1. The zero-order chi connectivity index (χ0) is 17.7. The third-order valence-electron chi connectivity index (χ3n) is 4.22. The predicted molar refractivity (Wildman–Crippen MR) is 97.0 cm³/mol. The van der Waals surface area contributed by atoms with Crippen LogP contribution in [0.5, 0.6) is 0 Å². The van der Waals surface area contributed by atoms with Crippen molar-refractivity contribution in [1.29, 1.82) is 0 Å². The van der Waals surface area contributed by atoms with E-state index in [0.717, 1.165) is 38.3 Å². The zero-order valence-corrected chi connectivity index (χ0v) is 15.6. The van der Waals surface area contributed by atoms with Crippen molar-refractivity contribution in [3.8, 4) is 0 Å². The first-order chi connectivity index (χ1) is 11.2. The zero-order valence-electron chi connectivity index (χ0n) is 15.6. The molecule has 1 N–H and O–H groups in total. The van der Waals surface area contributed by atoms with E-state index in [-0.39, 0.29) is 12.1 Å². The molecule has 24 heavy (non-hydrogen) atoms. The van der Waals surface area contributed by atoms with Crippen LogP contribution < -0.4 is 5.32 Å². The molecular formula is C19H31N3O2. The highest BCUT2D eigenvalue weighted by molar-refractivity contribution is 5.68. The number of hydrogen-bond acceptors (Lipinski definition) is 4. The summed E-state index contributed by atoms with van der Waals surface area (Å²) in [6.07, 6.45) is -0.378. The average molecular weight is 333 g/mol. The summed E-state index contributed by atoms with van der Waals surface area (Å²) in [5.41, 5.74) is 1.92. The number of carbonyl (C=O) groups excluding carboxylic acids is 1. The molecule has 2 rings (SSSR count). The van der Waals surface area contributed by atoms with Crippen LogP contribution in [0.4, 0.5) is 4.79 Å². The van der Waals surface area contributed by atoms with E-state index in [1.54, 1.807) is 0 Å². The monoisotopic (exact) mass is 333 g/mol. The van der Waals surface area contributed by atoms with Crippen molar-refractivity contribution in [2.75, 3.05) is 33.2 Å². The van der Waals surface area contributed by atoms with E-state index in [9.17, 15) is 4.79 Å². The molecule has 1 aromatic rings. The van der Waals surface area contributed by atoms with Gasteiger partial charge in [-0.15, -0.1) is 0 Å². The quantitative estimate of drug-likeness (QED) is 0.920. The summed E-state index contributed by atoms with van der Waals surface area (Å²) in [6.45, 7) is 13.1. The van der Waals surface area contributed by atoms with E-state index < -0.39 is 5.60 Å². The number of likely N-dealkylation sites (N-methyl/N-ethyl adjacent to an activating group) is 1. The fraction of sp³-hybridized carbons (Fsp3) is 0.632. The number of amides is 1. The minimum Gasteiger partial charge on any atom is -0.444 e. The maximum absolute atomic E-state index is 11.9. The van der Waals surface area contributed by atoms with Crippen LogP contribution in [0, 0.1) is 0 Å². The van der Waals surface area contributed by atoms with Crippen LogP contribution in [0.2, 0.25) is 0 Å². The summed E-state index contributed by atoms with van der Waals surface area (Å²) in [5.74, 6) is 0. The largest absolute Gasteiger partial charge is 0.444 e. The van der Waals surface area contributed by atoms with E-state index >= 15 is 0 Å². The van der Waals surface area contributed by atoms with Gasteiger partial charge in [-0.25, -0.2) is 4.79 Å². The smallest absolute Gasteiger partial charge is 0.408 e. The predicted octanol–water partition coefficient (Wildman–Crippen LogP) is 3.02. The van der Waals surface area contributed by atoms with Crippen LogP contribution in [0.3, 0.4) is 0 Å². The molecule has 0 aliphatic carbocycles. The van der Waals surface area contributed by atoms with Gasteiger partial charge in [-0.1, -0.05) is 24.3 Å². The Morgan fingerprint density at radius 2 is 1.75 bits per heavy atom. The van der Waals surface area contributed by atoms with E-state index in [4.69, 9.17) is 4.74 Å². The minimum absolute atomic E-state index is 0.0717. The number of benzene rings is 1. The minimum atomic E-state index is -0.476. The lowest BCUT2D eigenvalue weighted by atomic mass is 10.1. The van der Waals surface area contributed by atoms with Gasteiger partial charge < -0.3 is 15.0 Å². The molecule has 1 amide bonds. The van der Waals surface area contributed by atoms with E-state index in [0.29, 0.717) is 0 Å². The van der Waals surface area contributed by atoms with Crippen LogP contribution in [-0.2, 0) is 11.3 Å². The number of carbonyl (C=O) groups is 1. The van der Waals surface area contributed by atoms with Crippen LogP contribution in [-0.4, -0.2) is 54.7 Å². The van der Waals surface area contributed by atoms with Crippen LogP contribution in [0.15, 0.2) is 24.3 Å². The van der Waals surface area contributed by atoms with Gasteiger partial charge in [-0.3, -0.25) is 4.90 Å². The second kappa shape index (κ2) is 7.99. The van der Waals surface area contributed by atoms with Crippen LogP contribution >= 0.6 is 0 Å².